The van der Waals surface area contributed by atoms with Crippen molar-refractivity contribution in [3.05, 3.63) is 35.2 Å². The van der Waals surface area contributed by atoms with Crippen LogP contribution in [0.15, 0.2) is 34.8 Å². The molecule has 2 rings (SSSR count). The van der Waals surface area contributed by atoms with Gasteiger partial charge in [0.2, 0.25) is 0 Å². The maximum Gasteiger partial charge on any atom is 0.337 e. The first kappa shape index (κ1) is 11.0. The molecule has 7 heteroatoms. The van der Waals surface area contributed by atoms with Crippen molar-refractivity contribution in [3.8, 4) is 0 Å². The van der Waals surface area contributed by atoms with E-state index in [2.05, 4.69) is 15.0 Å². The topological polar surface area (TPSA) is 78.9 Å². The summed E-state index contributed by atoms with van der Waals surface area (Å²) in [5, 5.41) is 10.2. The number of aromatic carboxylic acids is 1. The number of halogens is 1. The average Bonchev–Trinajstić information content (AvgIpc) is 2.73. The second-order valence-electron chi connectivity index (χ2n) is 2.80. The van der Waals surface area contributed by atoms with Crippen LogP contribution in [-0.4, -0.2) is 26.0 Å². The highest BCUT2D eigenvalue weighted by Crippen LogP contribution is 2.25. The van der Waals surface area contributed by atoms with Gasteiger partial charge in [0.05, 0.1) is 10.6 Å². The minimum absolute atomic E-state index is 0.0331. The second kappa shape index (κ2) is 4.54. The van der Waals surface area contributed by atoms with Crippen LogP contribution in [0.4, 0.5) is 0 Å². The van der Waals surface area contributed by atoms with Gasteiger partial charge in [-0.15, -0.1) is 0 Å². The standard InChI is InChI=1S/C9H6ClN3O2S/c10-6-4-13-7(3-5(6)8(14)15)16-9-11-1-2-12-9/h1-4H,(H,11,12)(H,14,15). The van der Waals surface area contributed by atoms with Crippen molar-refractivity contribution in [3.63, 3.8) is 0 Å². The quantitative estimate of drug-likeness (QED) is 0.880. The molecule has 0 radical (unpaired) electrons. The smallest absolute Gasteiger partial charge is 0.337 e. The van der Waals surface area contributed by atoms with Crippen LogP contribution < -0.4 is 0 Å². The molecule has 16 heavy (non-hydrogen) atoms. The first-order valence-electron chi connectivity index (χ1n) is 4.23. The Labute approximate surface area is 99.9 Å². The summed E-state index contributed by atoms with van der Waals surface area (Å²) in [4.78, 5) is 21.7. The van der Waals surface area contributed by atoms with Crippen LogP contribution in [0.3, 0.4) is 0 Å². The Morgan fingerprint density at radius 3 is 2.94 bits per heavy atom. The summed E-state index contributed by atoms with van der Waals surface area (Å²) >= 11 is 6.93. The number of imidazole rings is 1. The van der Waals surface area contributed by atoms with Crippen molar-refractivity contribution in [2.24, 2.45) is 0 Å². The van der Waals surface area contributed by atoms with Crippen LogP contribution in [0, 0.1) is 0 Å². The minimum atomic E-state index is -1.08. The van der Waals surface area contributed by atoms with Gasteiger partial charge in [-0.05, 0) is 17.8 Å². The van der Waals surface area contributed by atoms with Crippen LogP contribution in [0.2, 0.25) is 5.02 Å². The molecule has 0 saturated heterocycles. The normalized spacial score (nSPS) is 10.3. The van der Waals surface area contributed by atoms with E-state index >= 15 is 0 Å². The lowest BCUT2D eigenvalue weighted by atomic mass is 10.3. The number of aromatic nitrogens is 3. The Kier molecular flexibility index (Phi) is 3.12. The van der Waals surface area contributed by atoms with Crippen LogP contribution in [-0.2, 0) is 0 Å². The molecule has 5 nitrogen and oxygen atoms in total. The number of carbonyl (C=O) groups is 1. The summed E-state index contributed by atoms with van der Waals surface area (Å²) < 4.78 is 0. The zero-order valence-corrected chi connectivity index (χ0v) is 9.42. The molecule has 2 aromatic heterocycles. The minimum Gasteiger partial charge on any atom is -0.478 e. The molecule has 0 bridgehead atoms. The fourth-order valence-corrected chi connectivity index (χ4v) is 1.95. The van der Waals surface area contributed by atoms with E-state index in [1.807, 2.05) is 0 Å². The van der Waals surface area contributed by atoms with E-state index in [1.165, 1.54) is 24.0 Å². The Morgan fingerprint density at radius 1 is 1.50 bits per heavy atom. The van der Waals surface area contributed by atoms with Crippen LogP contribution in [0.1, 0.15) is 10.4 Å². The monoisotopic (exact) mass is 255 g/mol. The van der Waals surface area contributed by atoms with Gasteiger partial charge in [-0.3, -0.25) is 0 Å². The number of carboxylic acid groups (broad SMARTS) is 1. The number of hydrogen-bond donors (Lipinski definition) is 2. The van der Waals surface area contributed by atoms with E-state index < -0.39 is 5.97 Å². The van der Waals surface area contributed by atoms with E-state index in [-0.39, 0.29) is 10.6 Å². The van der Waals surface area contributed by atoms with Crippen LogP contribution in [0.25, 0.3) is 0 Å². The van der Waals surface area contributed by atoms with Gasteiger partial charge in [0.25, 0.3) is 0 Å². The van der Waals surface area contributed by atoms with Crippen molar-refractivity contribution >= 4 is 29.3 Å². The summed E-state index contributed by atoms with van der Waals surface area (Å²) in [6.07, 6.45) is 4.60. The lowest BCUT2D eigenvalue weighted by Gasteiger charge is -2.01. The molecule has 0 aliphatic rings. The van der Waals surface area contributed by atoms with Gasteiger partial charge < -0.3 is 10.1 Å². The number of hydrogen-bond acceptors (Lipinski definition) is 4. The molecule has 0 aliphatic heterocycles. The number of nitrogens with zero attached hydrogens (tertiary/aromatic N) is 2. The van der Waals surface area contributed by atoms with Crippen molar-refractivity contribution in [1.29, 1.82) is 0 Å². The number of pyridine rings is 1. The van der Waals surface area contributed by atoms with Gasteiger partial charge >= 0.3 is 5.97 Å². The Morgan fingerprint density at radius 2 is 2.31 bits per heavy atom. The first-order chi connectivity index (χ1) is 7.66. The molecule has 0 fully saturated rings. The Bertz CT molecular complexity index is 515. The highest BCUT2D eigenvalue weighted by molar-refractivity contribution is 7.99. The first-order valence-corrected chi connectivity index (χ1v) is 5.42. The summed E-state index contributed by atoms with van der Waals surface area (Å²) in [5.74, 6) is -1.08. The molecular weight excluding hydrogens is 250 g/mol. The molecule has 0 aromatic carbocycles. The van der Waals surface area contributed by atoms with Gasteiger partial charge in [0.1, 0.15) is 5.03 Å². The van der Waals surface area contributed by atoms with Gasteiger partial charge in [0.15, 0.2) is 5.16 Å². The molecular formula is C9H6ClN3O2S. The fraction of sp³-hybridized carbons (Fsp3) is 0. The molecule has 2 heterocycles. The van der Waals surface area contributed by atoms with E-state index in [1.54, 1.807) is 12.4 Å². The third-order valence-electron chi connectivity index (χ3n) is 1.74. The molecule has 2 aromatic rings. The molecule has 0 spiro atoms. The third-order valence-corrected chi connectivity index (χ3v) is 2.89. The zero-order valence-electron chi connectivity index (χ0n) is 7.85. The summed E-state index contributed by atoms with van der Waals surface area (Å²) in [7, 11) is 0. The van der Waals surface area contributed by atoms with E-state index in [9.17, 15) is 4.79 Å². The number of rotatable bonds is 3. The number of H-pyrrole nitrogens is 1. The van der Waals surface area contributed by atoms with Gasteiger partial charge in [-0.1, -0.05) is 11.6 Å². The van der Waals surface area contributed by atoms with Crippen molar-refractivity contribution in [2.45, 2.75) is 10.2 Å². The molecule has 0 saturated carbocycles. The van der Waals surface area contributed by atoms with E-state index in [0.29, 0.717) is 10.2 Å². The largest absolute Gasteiger partial charge is 0.478 e. The van der Waals surface area contributed by atoms with Crippen LogP contribution >= 0.6 is 23.4 Å². The predicted octanol–water partition coefficient (Wildman–Crippen LogP) is 2.31. The lowest BCUT2D eigenvalue weighted by Crippen LogP contribution is -1.98. The summed E-state index contributed by atoms with van der Waals surface area (Å²) in [5.41, 5.74) is 0.0331. The second-order valence-corrected chi connectivity index (χ2v) is 4.22. The summed E-state index contributed by atoms with van der Waals surface area (Å²) in [6, 6.07) is 1.41. The number of carboxylic acids is 1. The third kappa shape index (κ3) is 2.34. The lowest BCUT2D eigenvalue weighted by molar-refractivity contribution is 0.0696. The predicted molar refractivity (Wildman–Crippen MR) is 58.9 cm³/mol. The van der Waals surface area contributed by atoms with E-state index in [4.69, 9.17) is 16.7 Å². The van der Waals surface area contributed by atoms with Gasteiger partial charge in [-0.2, -0.15) is 0 Å². The maximum absolute atomic E-state index is 10.8. The van der Waals surface area contributed by atoms with Gasteiger partial charge in [0, 0.05) is 18.6 Å². The fourth-order valence-electron chi connectivity index (χ4n) is 1.04. The van der Waals surface area contributed by atoms with Gasteiger partial charge in [-0.25, -0.2) is 14.8 Å². The molecule has 0 atom stereocenters. The Balaban J connectivity index is 2.29. The molecule has 0 amide bonds. The van der Waals surface area contributed by atoms with Crippen molar-refractivity contribution in [1.82, 2.24) is 15.0 Å². The molecule has 0 aliphatic carbocycles. The highest BCUT2D eigenvalue weighted by atomic mass is 35.5. The SMILES string of the molecule is O=C(O)c1cc(Sc2ncc[nH]2)ncc1Cl. The number of nitrogens with one attached hydrogen (secondary N) is 1. The highest BCUT2D eigenvalue weighted by Gasteiger charge is 2.11. The zero-order chi connectivity index (χ0) is 11.5. The summed E-state index contributed by atoms with van der Waals surface area (Å²) in [6.45, 7) is 0. The average molecular weight is 256 g/mol. The maximum atomic E-state index is 10.8. The molecule has 0 unspecified atom stereocenters. The molecule has 2 N–H and O–H groups in total. The van der Waals surface area contributed by atoms with Crippen molar-refractivity contribution in [2.75, 3.05) is 0 Å². The Hall–Kier alpha value is -1.53. The molecule has 82 valence electrons. The number of aromatic amines is 1. The van der Waals surface area contributed by atoms with Crippen molar-refractivity contribution < 1.29 is 9.90 Å². The van der Waals surface area contributed by atoms with Crippen LogP contribution in [0.5, 0.6) is 0 Å². The van der Waals surface area contributed by atoms with E-state index in [0.717, 1.165) is 0 Å².